The highest BCUT2D eigenvalue weighted by atomic mass is 35.5. The highest BCUT2D eigenvalue weighted by molar-refractivity contribution is 6.34. The monoisotopic (exact) mass is 342 g/mol. The Hall–Kier alpha value is -2.21. The van der Waals surface area contributed by atoms with Crippen molar-refractivity contribution in [1.29, 1.82) is 0 Å². The largest absolute Gasteiger partial charge is 0.417 e. The summed E-state index contributed by atoms with van der Waals surface area (Å²) in [7, 11) is 3.45. The van der Waals surface area contributed by atoms with Crippen molar-refractivity contribution in [1.82, 2.24) is 0 Å². The van der Waals surface area contributed by atoms with Crippen molar-refractivity contribution < 1.29 is 18.0 Å². The smallest absolute Gasteiger partial charge is 0.375 e. The maximum atomic E-state index is 13.0. The number of hydrogen-bond acceptors (Lipinski definition) is 2. The summed E-state index contributed by atoms with van der Waals surface area (Å²) < 4.78 is 39.0. The lowest BCUT2D eigenvalue weighted by Gasteiger charge is -2.20. The number of hydrogen-bond donors (Lipinski definition) is 1. The molecule has 2 rings (SSSR count). The van der Waals surface area contributed by atoms with Gasteiger partial charge >= 0.3 is 6.18 Å². The molecule has 3 nitrogen and oxygen atoms in total. The average Bonchev–Trinajstić information content (AvgIpc) is 2.46. The van der Waals surface area contributed by atoms with Crippen LogP contribution < -0.4 is 10.2 Å². The van der Waals surface area contributed by atoms with Crippen molar-refractivity contribution in [2.45, 2.75) is 6.18 Å². The van der Waals surface area contributed by atoms with E-state index in [1.165, 1.54) is 12.1 Å². The Bertz CT molecular complexity index is 730. The Labute approximate surface area is 136 Å². The lowest BCUT2D eigenvalue weighted by atomic mass is 10.1. The van der Waals surface area contributed by atoms with Crippen LogP contribution in [0.1, 0.15) is 15.9 Å². The van der Waals surface area contributed by atoms with Crippen LogP contribution in [-0.2, 0) is 6.18 Å². The number of amides is 1. The van der Waals surface area contributed by atoms with Crippen LogP contribution in [0, 0.1) is 0 Å². The summed E-state index contributed by atoms with van der Waals surface area (Å²) in [5.74, 6) is -0.844. The fourth-order valence-corrected chi connectivity index (χ4v) is 2.53. The quantitative estimate of drug-likeness (QED) is 0.878. The Kier molecular flexibility index (Phi) is 4.85. The van der Waals surface area contributed by atoms with Gasteiger partial charge in [0.1, 0.15) is 0 Å². The molecule has 0 atom stereocenters. The molecule has 122 valence electrons. The van der Waals surface area contributed by atoms with Crippen LogP contribution in [-0.4, -0.2) is 20.0 Å². The van der Waals surface area contributed by atoms with E-state index >= 15 is 0 Å². The van der Waals surface area contributed by atoms with E-state index in [9.17, 15) is 18.0 Å². The van der Waals surface area contributed by atoms with Crippen molar-refractivity contribution >= 4 is 28.9 Å². The number of alkyl halides is 3. The minimum absolute atomic E-state index is 0.337. The molecule has 0 heterocycles. The van der Waals surface area contributed by atoms with Crippen molar-refractivity contribution in [2.24, 2.45) is 0 Å². The summed E-state index contributed by atoms with van der Waals surface area (Å²) in [4.78, 5) is 14.0. The molecule has 23 heavy (non-hydrogen) atoms. The Morgan fingerprint density at radius 3 is 2.35 bits per heavy atom. The summed E-state index contributed by atoms with van der Waals surface area (Å²) in [5.41, 5.74) is -0.563. The fraction of sp³-hybridized carbons (Fsp3) is 0.188. The molecule has 0 aliphatic rings. The van der Waals surface area contributed by atoms with E-state index in [2.05, 4.69) is 5.32 Å². The number of anilines is 2. The van der Waals surface area contributed by atoms with Gasteiger partial charge in [0.15, 0.2) is 0 Å². The second kappa shape index (κ2) is 6.50. The predicted octanol–water partition coefficient (Wildman–Crippen LogP) is 4.68. The van der Waals surface area contributed by atoms with Crippen LogP contribution in [0.15, 0.2) is 42.5 Å². The molecule has 1 N–H and O–H groups in total. The molecule has 0 aliphatic carbocycles. The zero-order valence-electron chi connectivity index (χ0n) is 12.4. The number of carbonyl (C=O) groups excluding carboxylic acids is 1. The van der Waals surface area contributed by atoms with Crippen LogP contribution in [0.25, 0.3) is 0 Å². The summed E-state index contributed by atoms with van der Waals surface area (Å²) in [6, 6.07) is 9.46. The molecule has 7 heteroatoms. The van der Waals surface area contributed by atoms with Crippen molar-refractivity contribution in [3.05, 3.63) is 58.6 Å². The molecule has 0 fully saturated rings. The zero-order chi connectivity index (χ0) is 17.2. The third-order valence-electron chi connectivity index (χ3n) is 3.16. The van der Waals surface area contributed by atoms with Crippen LogP contribution in [0.2, 0.25) is 5.02 Å². The summed E-state index contributed by atoms with van der Waals surface area (Å²) in [6.45, 7) is 0. The number of rotatable bonds is 3. The Morgan fingerprint density at radius 2 is 1.74 bits per heavy atom. The van der Waals surface area contributed by atoms with Gasteiger partial charge in [0.25, 0.3) is 5.91 Å². The topological polar surface area (TPSA) is 32.3 Å². The number of nitrogens with zero attached hydrogens (tertiary/aromatic N) is 1. The highest BCUT2D eigenvalue weighted by Gasteiger charge is 2.35. The van der Waals surface area contributed by atoms with Crippen LogP contribution in [0.4, 0.5) is 24.5 Å². The van der Waals surface area contributed by atoms with Crippen LogP contribution >= 0.6 is 11.6 Å². The SMILES string of the molecule is CN(C)c1c(Cl)cccc1NC(=O)c1ccccc1C(F)(F)F. The van der Waals surface area contributed by atoms with E-state index in [0.29, 0.717) is 16.4 Å². The van der Waals surface area contributed by atoms with E-state index in [4.69, 9.17) is 11.6 Å². The lowest BCUT2D eigenvalue weighted by molar-refractivity contribution is -0.137. The Balaban J connectivity index is 2.41. The first-order valence-corrected chi connectivity index (χ1v) is 7.03. The van der Waals surface area contributed by atoms with Gasteiger partial charge in [-0.1, -0.05) is 29.8 Å². The van der Waals surface area contributed by atoms with Gasteiger partial charge < -0.3 is 10.2 Å². The maximum absolute atomic E-state index is 13.0. The van der Waals surface area contributed by atoms with E-state index in [1.807, 2.05) is 0 Å². The van der Waals surface area contributed by atoms with E-state index < -0.39 is 23.2 Å². The summed E-state index contributed by atoms with van der Waals surface area (Å²) in [5, 5.41) is 2.88. The van der Waals surface area contributed by atoms with E-state index in [0.717, 1.165) is 12.1 Å². The third-order valence-corrected chi connectivity index (χ3v) is 3.46. The van der Waals surface area contributed by atoms with Gasteiger partial charge in [-0.15, -0.1) is 0 Å². The van der Waals surface area contributed by atoms with Crippen molar-refractivity contribution in [3.8, 4) is 0 Å². The zero-order valence-corrected chi connectivity index (χ0v) is 13.2. The first-order valence-electron chi connectivity index (χ1n) is 6.65. The molecule has 0 unspecified atom stereocenters. The highest BCUT2D eigenvalue weighted by Crippen LogP contribution is 2.35. The first kappa shape index (κ1) is 17.1. The average molecular weight is 343 g/mol. The molecule has 0 saturated carbocycles. The number of para-hydroxylation sites is 1. The van der Waals surface area contributed by atoms with Gasteiger partial charge in [-0.25, -0.2) is 0 Å². The summed E-state index contributed by atoms with van der Waals surface area (Å²) >= 11 is 6.08. The second-order valence-electron chi connectivity index (χ2n) is 5.03. The van der Waals surface area contributed by atoms with Gasteiger partial charge in [-0.2, -0.15) is 13.2 Å². The minimum atomic E-state index is -4.60. The number of nitrogens with one attached hydrogen (secondary N) is 1. The van der Waals surface area contributed by atoms with Gasteiger partial charge in [0.05, 0.1) is 27.5 Å². The first-order chi connectivity index (χ1) is 10.7. The Morgan fingerprint density at radius 1 is 1.09 bits per heavy atom. The molecule has 1 amide bonds. The minimum Gasteiger partial charge on any atom is -0.375 e. The normalized spacial score (nSPS) is 11.2. The molecule has 0 bridgehead atoms. The van der Waals surface area contributed by atoms with Crippen LogP contribution in [0.3, 0.4) is 0 Å². The van der Waals surface area contributed by atoms with Gasteiger partial charge in [-0.3, -0.25) is 4.79 Å². The van der Waals surface area contributed by atoms with E-state index in [1.54, 1.807) is 37.2 Å². The third kappa shape index (κ3) is 3.76. The number of carbonyl (C=O) groups is 1. The molecule has 0 radical (unpaired) electrons. The van der Waals surface area contributed by atoms with E-state index in [-0.39, 0.29) is 0 Å². The molecule has 0 aliphatic heterocycles. The summed E-state index contributed by atoms with van der Waals surface area (Å²) in [6.07, 6.45) is -4.60. The van der Waals surface area contributed by atoms with Crippen LogP contribution in [0.5, 0.6) is 0 Å². The van der Waals surface area contributed by atoms with Gasteiger partial charge in [0, 0.05) is 14.1 Å². The molecule has 0 aromatic heterocycles. The van der Waals surface area contributed by atoms with Crippen molar-refractivity contribution in [3.63, 3.8) is 0 Å². The number of halogens is 4. The molecular weight excluding hydrogens is 329 g/mol. The fourth-order valence-electron chi connectivity index (χ4n) is 2.19. The predicted molar refractivity (Wildman–Crippen MR) is 85.2 cm³/mol. The van der Waals surface area contributed by atoms with Gasteiger partial charge in [0.2, 0.25) is 0 Å². The molecular formula is C16H14ClF3N2O. The standard InChI is InChI=1S/C16H14ClF3N2O/c1-22(2)14-12(17)8-5-9-13(14)21-15(23)10-6-3-4-7-11(10)16(18,19)20/h3-9H,1-2H3,(H,21,23). The molecule has 0 spiro atoms. The van der Waals surface area contributed by atoms with Crippen molar-refractivity contribution in [2.75, 3.05) is 24.3 Å². The van der Waals surface area contributed by atoms with Gasteiger partial charge in [-0.05, 0) is 24.3 Å². The molecule has 2 aromatic carbocycles. The number of benzene rings is 2. The second-order valence-corrected chi connectivity index (χ2v) is 5.44. The molecule has 0 saturated heterocycles. The lowest BCUT2D eigenvalue weighted by Crippen LogP contribution is -2.20. The maximum Gasteiger partial charge on any atom is 0.417 e. The molecule has 2 aromatic rings.